The average molecular weight is 335 g/mol. The van der Waals surface area contributed by atoms with Crippen LogP contribution in [-0.4, -0.2) is 28.6 Å². The van der Waals surface area contributed by atoms with E-state index in [4.69, 9.17) is 5.11 Å². The van der Waals surface area contributed by atoms with Gasteiger partial charge >= 0.3 is 5.97 Å². The van der Waals surface area contributed by atoms with E-state index in [1.165, 1.54) is 12.1 Å². The van der Waals surface area contributed by atoms with Crippen LogP contribution >= 0.6 is 0 Å². The lowest BCUT2D eigenvalue weighted by Gasteiger charge is -2.30. The molecule has 1 saturated carbocycles. The minimum absolute atomic E-state index is 0.0414. The Bertz CT molecular complexity index is 614. The molecule has 6 nitrogen and oxygen atoms in total. The summed E-state index contributed by atoms with van der Waals surface area (Å²) in [5.41, 5.74) is 6.29. The number of nitrogens with one attached hydrogen (secondary N) is 3. The lowest BCUT2D eigenvalue weighted by atomic mass is 9.92. The van der Waals surface area contributed by atoms with Crippen LogP contribution in [0.1, 0.15) is 50.1 Å². The maximum Gasteiger partial charge on any atom is 0.305 e. The highest BCUT2D eigenvalue weighted by atomic mass is 19.1. The molecule has 2 unspecified atom stereocenters. The fourth-order valence-electron chi connectivity index (χ4n) is 3.68. The third-order valence-corrected chi connectivity index (χ3v) is 4.93. The molecule has 0 radical (unpaired) electrons. The summed E-state index contributed by atoms with van der Waals surface area (Å²) in [6.07, 6.45) is 3.75. The minimum Gasteiger partial charge on any atom is -0.481 e. The van der Waals surface area contributed by atoms with Crippen molar-refractivity contribution in [2.75, 3.05) is 0 Å². The second kappa shape index (κ2) is 6.86. The molecule has 130 valence electrons. The van der Waals surface area contributed by atoms with Crippen molar-refractivity contribution >= 4 is 11.9 Å². The van der Waals surface area contributed by atoms with E-state index in [0.717, 1.165) is 18.4 Å². The molecule has 3 rings (SSSR count). The summed E-state index contributed by atoms with van der Waals surface area (Å²) in [6.45, 7) is 0. The van der Waals surface area contributed by atoms with Gasteiger partial charge in [-0.3, -0.25) is 9.59 Å². The maximum absolute atomic E-state index is 13.0. The van der Waals surface area contributed by atoms with Crippen molar-refractivity contribution in [1.29, 1.82) is 0 Å². The van der Waals surface area contributed by atoms with Gasteiger partial charge in [-0.1, -0.05) is 25.0 Å². The van der Waals surface area contributed by atoms with Gasteiger partial charge in [-0.2, -0.15) is 0 Å². The Labute approximate surface area is 139 Å². The number of carbonyl (C=O) groups is 2. The van der Waals surface area contributed by atoms with Gasteiger partial charge in [0.25, 0.3) is 0 Å². The number of hydrazine groups is 1. The van der Waals surface area contributed by atoms with Crippen molar-refractivity contribution in [1.82, 2.24) is 16.2 Å². The first-order valence-corrected chi connectivity index (χ1v) is 8.28. The zero-order valence-corrected chi connectivity index (χ0v) is 13.3. The molecule has 24 heavy (non-hydrogen) atoms. The second-order valence-electron chi connectivity index (χ2n) is 6.73. The van der Waals surface area contributed by atoms with Gasteiger partial charge in [0.1, 0.15) is 11.9 Å². The molecule has 1 amide bonds. The van der Waals surface area contributed by atoms with Gasteiger partial charge < -0.3 is 10.4 Å². The van der Waals surface area contributed by atoms with Crippen LogP contribution in [0.4, 0.5) is 4.39 Å². The number of carboxylic acid groups (broad SMARTS) is 1. The van der Waals surface area contributed by atoms with Crippen molar-refractivity contribution in [2.45, 2.75) is 56.1 Å². The largest absolute Gasteiger partial charge is 0.481 e. The van der Waals surface area contributed by atoms with Gasteiger partial charge in [-0.15, -0.1) is 0 Å². The van der Waals surface area contributed by atoms with Crippen LogP contribution in [0.2, 0.25) is 0 Å². The molecule has 1 heterocycles. The summed E-state index contributed by atoms with van der Waals surface area (Å²) in [7, 11) is 0. The quantitative estimate of drug-likeness (QED) is 0.657. The lowest BCUT2D eigenvalue weighted by Crippen LogP contribution is -2.53. The number of hydrogen-bond acceptors (Lipinski definition) is 4. The zero-order valence-electron chi connectivity index (χ0n) is 13.3. The molecular formula is C17H22FN3O3. The van der Waals surface area contributed by atoms with E-state index < -0.39 is 17.6 Å². The monoisotopic (exact) mass is 335 g/mol. The number of amides is 1. The predicted molar refractivity (Wildman–Crippen MR) is 85.4 cm³/mol. The van der Waals surface area contributed by atoms with Crippen LogP contribution in [0.15, 0.2) is 24.3 Å². The summed E-state index contributed by atoms with van der Waals surface area (Å²) in [4.78, 5) is 23.7. The number of carbonyl (C=O) groups excluding carboxylic acids is 1. The summed E-state index contributed by atoms with van der Waals surface area (Å²) in [5.74, 6) is -1.37. The fraction of sp³-hybridized carbons (Fsp3) is 0.529. The Morgan fingerprint density at radius 2 is 1.88 bits per heavy atom. The Hall–Kier alpha value is -1.99. The standard InChI is InChI=1S/C17H22FN3O3/c18-12-5-3-11(4-6-12)13-9-14(21-20-13)16(24)19-17(10-15(22)23)7-1-2-8-17/h3-6,13-14,20-21H,1-2,7-10H2,(H,19,24)(H,22,23). The first-order valence-electron chi connectivity index (χ1n) is 8.28. The van der Waals surface area contributed by atoms with E-state index >= 15 is 0 Å². The molecule has 1 aromatic carbocycles. The van der Waals surface area contributed by atoms with Crippen molar-refractivity contribution in [2.24, 2.45) is 0 Å². The van der Waals surface area contributed by atoms with E-state index in [0.29, 0.717) is 19.3 Å². The zero-order chi connectivity index (χ0) is 17.2. The van der Waals surface area contributed by atoms with Crippen LogP contribution in [0.3, 0.4) is 0 Å². The highest BCUT2D eigenvalue weighted by Gasteiger charge is 2.40. The van der Waals surface area contributed by atoms with E-state index in [1.807, 2.05) is 0 Å². The van der Waals surface area contributed by atoms with Crippen LogP contribution in [0.25, 0.3) is 0 Å². The third kappa shape index (κ3) is 3.73. The van der Waals surface area contributed by atoms with E-state index in [9.17, 15) is 14.0 Å². The van der Waals surface area contributed by atoms with Gasteiger partial charge in [0, 0.05) is 6.04 Å². The van der Waals surface area contributed by atoms with Gasteiger partial charge in [0.2, 0.25) is 5.91 Å². The Balaban J connectivity index is 1.61. The highest BCUT2D eigenvalue weighted by Crippen LogP contribution is 2.33. The van der Waals surface area contributed by atoms with Crippen molar-refractivity contribution in [3.63, 3.8) is 0 Å². The van der Waals surface area contributed by atoms with Crippen LogP contribution < -0.4 is 16.2 Å². The topological polar surface area (TPSA) is 90.5 Å². The second-order valence-corrected chi connectivity index (χ2v) is 6.73. The summed E-state index contributed by atoms with van der Waals surface area (Å²) in [5, 5.41) is 12.1. The molecule has 0 spiro atoms. The van der Waals surface area contributed by atoms with E-state index in [-0.39, 0.29) is 24.2 Å². The molecular weight excluding hydrogens is 313 g/mol. The summed E-state index contributed by atoms with van der Waals surface area (Å²) >= 11 is 0. The number of carboxylic acids is 1. The van der Waals surface area contributed by atoms with Gasteiger partial charge in [0.05, 0.1) is 12.0 Å². The molecule has 2 aliphatic rings. The first-order chi connectivity index (χ1) is 11.5. The first kappa shape index (κ1) is 16.9. The summed E-state index contributed by atoms with van der Waals surface area (Å²) < 4.78 is 13.0. The number of benzene rings is 1. The maximum atomic E-state index is 13.0. The molecule has 0 bridgehead atoms. The molecule has 1 aliphatic heterocycles. The Kier molecular flexibility index (Phi) is 4.82. The number of hydrogen-bond donors (Lipinski definition) is 4. The van der Waals surface area contributed by atoms with Crippen LogP contribution in [-0.2, 0) is 9.59 Å². The SMILES string of the molecule is O=C(O)CC1(NC(=O)C2CC(c3ccc(F)cc3)NN2)CCCC1. The number of halogens is 1. The molecule has 0 aromatic heterocycles. The highest BCUT2D eigenvalue weighted by molar-refractivity contribution is 5.83. The normalized spacial score (nSPS) is 25.5. The van der Waals surface area contributed by atoms with Crippen molar-refractivity contribution < 1.29 is 19.1 Å². The molecule has 2 atom stereocenters. The molecule has 1 aromatic rings. The third-order valence-electron chi connectivity index (χ3n) is 4.93. The van der Waals surface area contributed by atoms with Crippen molar-refractivity contribution in [3.8, 4) is 0 Å². The van der Waals surface area contributed by atoms with Gasteiger partial charge in [0.15, 0.2) is 0 Å². The predicted octanol–water partition coefficient (Wildman–Crippen LogP) is 1.64. The Morgan fingerprint density at radius 1 is 1.21 bits per heavy atom. The lowest BCUT2D eigenvalue weighted by molar-refractivity contribution is -0.139. The molecule has 1 aliphatic carbocycles. The molecule has 7 heteroatoms. The van der Waals surface area contributed by atoms with Crippen LogP contribution in [0.5, 0.6) is 0 Å². The number of aliphatic carboxylic acids is 1. The minimum atomic E-state index is -0.890. The smallest absolute Gasteiger partial charge is 0.305 e. The fourth-order valence-corrected chi connectivity index (χ4v) is 3.68. The van der Waals surface area contributed by atoms with Crippen molar-refractivity contribution in [3.05, 3.63) is 35.6 Å². The number of rotatable bonds is 5. The Morgan fingerprint density at radius 3 is 2.50 bits per heavy atom. The van der Waals surface area contributed by atoms with Crippen LogP contribution in [0, 0.1) is 5.82 Å². The van der Waals surface area contributed by atoms with Gasteiger partial charge in [-0.05, 0) is 37.0 Å². The molecule has 2 fully saturated rings. The van der Waals surface area contributed by atoms with E-state index in [2.05, 4.69) is 16.2 Å². The summed E-state index contributed by atoms with van der Waals surface area (Å²) in [6, 6.07) is 5.65. The molecule has 1 saturated heterocycles. The van der Waals surface area contributed by atoms with Gasteiger partial charge in [-0.25, -0.2) is 15.2 Å². The van der Waals surface area contributed by atoms with E-state index in [1.54, 1.807) is 12.1 Å². The average Bonchev–Trinajstić information content (AvgIpc) is 3.17. The molecule has 4 N–H and O–H groups in total.